The summed E-state index contributed by atoms with van der Waals surface area (Å²) in [5.74, 6) is -0.211. The molecule has 1 aliphatic heterocycles. The van der Waals surface area contributed by atoms with Crippen LogP contribution < -0.4 is 10.6 Å². The zero-order valence-corrected chi connectivity index (χ0v) is 13.3. The predicted molar refractivity (Wildman–Crippen MR) is 89.0 cm³/mol. The van der Waals surface area contributed by atoms with Crippen LogP contribution in [0.15, 0.2) is 47.1 Å². The first kappa shape index (κ1) is 16.3. The molecule has 0 aliphatic carbocycles. The van der Waals surface area contributed by atoms with Crippen LogP contribution in [0.3, 0.4) is 0 Å². The van der Waals surface area contributed by atoms with Crippen LogP contribution in [0, 0.1) is 0 Å². The molecule has 0 spiro atoms. The van der Waals surface area contributed by atoms with E-state index in [1.807, 2.05) is 0 Å². The van der Waals surface area contributed by atoms with Crippen molar-refractivity contribution in [3.63, 3.8) is 0 Å². The molecule has 1 saturated heterocycles. The number of amides is 2. The van der Waals surface area contributed by atoms with Crippen molar-refractivity contribution in [2.75, 3.05) is 18.5 Å². The Morgan fingerprint density at radius 1 is 1.12 bits per heavy atom. The lowest BCUT2D eigenvalue weighted by atomic mass is 10.1. The minimum atomic E-state index is -0.325. The van der Waals surface area contributed by atoms with Gasteiger partial charge in [0.2, 0.25) is 0 Å². The third-order valence-corrected chi connectivity index (χ3v) is 3.93. The maximum atomic E-state index is 12.1. The van der Waals surface area contributed by atoms with Gasteiger partial charge in [-0.3, -0.25) is 9.59 Å². The average molecular weight is 328 g/mol. The van der Waals surface area contributed by atoms with E-state index in [1.54, 1.807) is 36.4 Å². The van der Waals surface area contributed by atoms with E-state index in [2.05, 4.69) is 10.6 Å². The first-order valence-corrected chi connectivity index (χ1v) is 8.07. The number of nitrogens with one attached hydrogen (secondary N) is 2. The lowest BCUT2D eigenvalue weighted by molar-refractivity contribution is 0.0906. The van der Waals surface area contributed by atoms with Crippen LogP contribution in [0.1, 0.15) is 40.2 Å². The van der Waals surface area contributed by atoms with E-state index < -0.39 is 0 Å². The molecule has 0 unspecified atom stereocenters. The van der Waals surface area contributed by atoms with E-state index in [1.165, 1.54) is 6.26 Å². The molecule has 1 fully saturated rings. The topological polar surface area (TPSA) is 80.6 Å². The minimum absolute atomic E-state index is 0.128. The molecule has 126 valence electrons. The average Bonchev–Trinajstić information content (AvgIpc) is 3.29. The normalized spacial score (nSPS) is 16.8. The molecule has 6 nitrogen and oxygen atoms in total. The molecule has 2 heterocycles. The monoisotopic (exact) mass is 328 g/mol. The smallest absolute Gasteiger partial charge is 0.291 e. The Balaban J connectivity index is 1.48. The molecule has 2 amide bonds. The fourth-order valence-corrected chi connectivity index (χ4v) is 2.63. The molecule has 0 bridgehead atoms. The summed E-state index contributed by atoms with van der Waals surface area (Å²) in [5.41, 5.74) is 1.16. The number of benzene rings is 1. The molecule has 1 aliphatic rings. The van der Waals surface area contributed by atoms with E-state index in [-0.39, 0.29) is 23.7 Å². The van der Waals surface area contributed by atoms with Crippen molar-refractivity contribution in [3.8, 4) is 0 Å². The molecular weight excluding hydrogens is 308 g/mol. The Hall–Kier alpha value is -2.60. The van der Waals surface area contributed by atoms with Gasteiger partial charge in [0.1, 0.15) is 0 Å². The second kappa shape index (κ2) is 7.79. The molecule has 24 heavy (non-hydrogen) atoms. The zero-order valence-electron chi connectivity index (χ0n) is 13.3. The lowest BCUT2D eigenvalue weighted by Gasteiger charge is -2.10. The lowest BCUT2D eigenvalue weighted by Crippen LogP contribution is -2.27. The van der Waals surface area contributed by atoms with Crippen LogP contribution in [0.25, 0.3) is 0 Å². The van der Waals surface area contributed by atoms with Crippen molar-refractivity contribution in [2.24, 2.45) is 0 Å². The molecule has 6 heteroatoms. The highest BCUT2D eigenvalue weighted by Crippen LogP contribution is 2.15. The van der Waals surface area contributed by atoms with Crippen molar-refractivity contribution < 1.29 is 18.7 Å². The highest BCUT2D eigenvalue weighted by atomic mass is 16.5. The second-order valence-electron chi connectivity index (χ2n) is 5.69. The Bertz CT molecular complexity index is 674. The van der Waals surface area contributed by atoms with Gasteiger partial charge >= 0.3 is 0 Å². The van der Waals surface area contributed by atoms with Crippen molar-refractivity contribution >= 4 is 17.5 Å². The van der Waals surface area contributed by atoms with Crippen molar-refractivity contribution in [1.29, 1.82) is 0 Å². The molecule has 2 aromatic rings. The number of carbonyl (C=O) groups is 2. The summed E-state index contributed by atoms with van der Waals surface area (Å²) >= 11 is 0. The van der Waals surface area contributed by atoms with E-state index in [4.69, 9.17) is 9.15 Å². The quantitative estimate of drug-likeness (QED) is 0.854. The molecule has 1 aromatic heterocycles. The second-order valence-corrected chi connectivity index (χ2v) is 5.69. The van der Waals surface area contributed by atoms with Gasteiger partial charge in [-0.1, -0.05) is 0 Å². The van der Waals surface area contributed by atoms with Gasteiger partial charge in [-0.2, -0.15) is 0 Å². The van der Waals surface area contributed by atoms with E-state index >= 15 is 0 Å². The van der Waals surface area contributed by atoms with Crippen molar-refractivity contribution in [3.05, 3.63) is 54.0 Å². The number of carbonyl (C=O) groups excluding carboxylic acids is 2. The van der Waals surface area contributed by atoms with Gasteiger partial charge in [-0.05, 0) is 55.7 Å². The number of hydrogen-bond acceptors (Lipinski definition) is 4. The summed E-state index contributed by atoms with van der Waals surface area (Å²) in [7, 11) is 0. The third-order valence-electron chi connectivity index (χ3n) is 3.93. The summed E-state index contributed by atoms with van der Waals surface area (Å²) in [5, 5.41) is 5.60. The van der Waals surface area contributed by atoms with Gasteiger partial charge in [-0.15, -0.1) is 0 Å². The summed E-state index contributed by atoms with van der Waals surface area (Å²) < 4.78 is 10.6. The van der Waals surface area contributed by atoms with Gasteiger partial charge in [0.25, 0.3) is 11.8 Å². The van der Waals surface area contributed by atoms with Gasteiger partial charge in [-0.25, -0.2) is 0 Å². The van der Waals surface area contributed by atoms with E-state index in [0.717, 1.165) is 25.9 Å². The molecule has 2 N–H and O–H groups in total. The molecule has 3 rings (SSSR count). The number of rotatable bonds is 6. The van der Waals surface area contributed by atoms with E-state index in [0.29, 0.717) is 17.8 Å². The Morgan fingerprint density at radius 3 is 2.62 bits per heavy atom. The predicted octanol–water partition coefficient (Wildman–Crippen LogP) is 2.83. The maximum Gasteiger partial charge on any atom is 0.291 e. The van der Waals surface area contributed by atoms with Crippen molar-refractivity contribution in [1.82, 2.24) is 5.32 Å². The van der Waals surface area contributed by atoms with Crippen LogP contribution in [-0.2, 0) is 4.74 Å². The summed E-state index contributed by atoms with van der Waals surface area (Å²) in [4.78, 5) is 23.9. The molecule has 1 aromatic carbocycles. The molecule has 0 radical (unpaired) electrons. The van der Waals surface area contributed by atoms with Gasteiger partial charge in [0.15, 0.2) is 5.76 Å². The van der Waals surface area contributed by atoms with Crippen LogP contribution >= 0.6 is 0 Å². The summed E-state index contributed by atoms with van der Waals surface area (Å²) in [6.07, 6.45) is 4.72. The fourth-order valence-electron chi connectivity index (χ4n) is 2.63. The largest absolute Gasteiger partial charge is 0.459 e. The zero-order chi connectivity index (χ0) is 16.8. The Morgan fingerprint density at radius 2 is 1.96 bits per heavy atom. The number of anilines is 1. The Labute approximate surface area is 140 Å². The molecule has 0 saturated carbocycles. The first-order chi connectivity index (χ1) is 11.7. The van der Waals surface area contributed by atoms with Gasteiger partial charge in [0.05, 0.1) is 12.4 Å². The first-order valence-electron chi connectivity index (χ1n) is 8.07. The van der Waals surface area contributed by atoms with Crippen molar-refractivity contribution in [2.45, 2.75) is 25.4 Å². The van der Waals surface area contributed by atoms with Gasteiger partial charge < -0.3 is 19.8 Å². The van der Waals surface area contributed by atoms with E-state index in [9.17, 15) is 9.59 Å². The van der Waals surface area contributed by atoms with Crippen LogP contribution in [0.5, 0.6) is 0 Å². The maximum absolute atomic E-state index is 12.1. The number of ether oxygens (including phenoxy) is 1. The highest BCUT2D eigenvalue weighted by molar-refractivity contribution is 6.02. The fraction of sp³-hybridized carbons (Fsp3) is 0.333. The molecular formula is C18H20N2O4. The summed E-state index contributed by atoms with van der Waals surface area (Å²) in [6.45, 7) is 1.42. The molecule has 1 atom stereocenters. The van der Waals surface area contributed by atoms with Gasteiger partial charge in [0, 0.05) is 24.4 Å². The minimum Gasteiger partial charge on any atom is -0.459 e. The Kier molecular flexibility index (Phi) is 5.28. The van der Waals surface area contributed by atoms with Crippen LogP contribution in [-0.4, -0.2) is 31.1 Å². The highest BCUT2D eigenvalue weighted by Gasteiger charge is 2.15. The number of hydrogen-bond donors (Lipinski definition) is 2. The van der Waals surface area contributed by atoms with Crippen LogP contribution in [0.2, 0.25) is 0 Å². The number of furan rings is 1. The van der Waals surface area contributed by atoms with Crippen LogP contribution in [0.4, 0.5) is 5.69 Å². The SMILES string of the molecule is O=C(NCC[C@@H]1CCCO1)c1ccc(NC(=O)c2ccco2)cc1. The summed E-state index contributed by atoms with van der Waals surface area (Å²) in [6, 6.07) is 9.98. The standard InChI is InChI=1S/C18H20N2O4/c21-17(19-10-9-15-3-1-11-23-15)13-5-7-14(8-6-13)20-18(22)16-4-2-12-24-16/h2,4-8,12,15H,1,3,9-11H2,(H,19,21)(H,20,22)/t15-/m0/s1. The third kappa shape index (κ3) is 4.23.